The lowest BCUT2D eigenvalue weighted by atomic mass is 9.92. The normalized spacial score (nSPS) is 17.6. The minimum Gasteiger partial charge on any atom is -0.507 e. The van der Waals surface area contributed by atoms with Crippen LogP contribution in [0.15, 0.2) is 53.4 Å². The summed E-state index contributed by atoms with van der Waals surface area (Å²) in [6.45, 7) is 7.77. The number of aliphatic hydroxyl groups is 1. The Morgan fingerprint density at radius 3 is 2.47 bits per heavy atom. The third kappa shape index (κ3) is 4.01. The Morgan fingerprint density at radius 2 is 1.85 bits per heavy atom. The molecule has 0 bridgehead atoms. The van der Waals surface area contributed by atoms with E-state index in [1.807, 2.05) is 63.4 Å². The van der Waals surface area contributed by atoms with Crippen LogP contribution in [0.2, 0.25) is 5.02 Å². The van der Waals surface area contributed by atoms with Gasteiger partial charge in [-0.25, -0.2) is 0 Å². The highest BCUT2D eigenvalue weighted by atomic mass is 35.5. The van der Waals surface area contributed by atoms with Crippen LogP contribution in [0.1, 0.15) is 52.9 Å². The number of hydrogen-bond acceptors (Lipinski definition) is 5. The molecule has 1 saturated heterocycles. The molecular weight excluding hydrogens is 470 g/mol. The van der Waals surface area contributed by atoms with E-state index in [0.717, 1.165) is 21.6 Å². The predicted molar refractivity (Wildman–Crippen MR) is 137 cm³/mol. The van der Waals surface area contributed by atoms with Gasteiger partial charge in [-0.1, -0.05) is 37.6 Å². The van der Waals surface area contributed by atoms with Gasteiger partial charge < -0.3 is 9.84 Å². The molecule has 0 saturated carbocycles. The lowest BCUT2D eigenvalue weighted by molar-refractivity contribution is -0.132. The van der Waals surface area contributed by atoms with Crippen molar-refractivity contribution in [3.8, 4) is 5.75 Å². The zero-order chi connectivity index (χ0) is 24.7. The molecule has 1 atom stereocenters. The second kappa shape index (κ2) is 9.28. The fourth-order valence-corrected chi connectivity index (χ4v) is 5.36. The van der Waals surface area contributed by atoms with E-state index in [2.05, 4.69) is 0 Å². The molecule has 3 aromatic rings. The van der Waals surface area contributed by atoms with Crippen molar-refractivity contribution in [3.05, 3.63) is 85.6 Å². The standard InChI is InChI=1S/C27H26ClNO4S/c1-14(2)18-13-19(16(4)11-21(18)33-5)25(30)23-24(22-7-6-10-34-22)29(27(32)26(23)31)20-12-17(28)9-8-15(20)3/h6-14,24,30H,1-5H3/b25-23+. The third-order valence-corrected chi connectivity index (χ3v) is 7.30. The number of methoxy groups -OCH3 is 1. The molecule has 0 aliphatic carbocycles. The summed E-state index contributed by atoms with van der Waals surface area (Å²) in [5, 5.41) is 13.9. The molecule has 5 nitrogen and oxygen atoms in total. The molecule has 0 radical (unpaired) electrons. The molecule has 1 aliphatic heterocycles. The Labute approximate surface area is 208 Å². The average molecular weight is 496 g/mol. The molecule has 176 valence electrons. The van der Waals surface area contributed by atoms with Crippen molar-refractivity contribution < 1.29 is 19.4 Å². The Balaban J connectivity index is 1.98. The molecule has 7 heteroatoms. The second-order valence-electron chi connectivity index (χ2n) is 8.68. The summed E-state index contributed by atoms with van der Waals surface area (Å²) in [5.41, 5.74) is 3.56. The molecule has 34 heavy (non-hydrogen) atoms. The summed E-state index contributed by atoms with van der Waals surface area (Å²) in [6.07, 6.45) is 0. The van der Waals surface area contributed by atoms with E-state index in [-0.39, 0.29) is 17.3 Å². The van der Waals surface area contributed by atoms with Crippen molar-refractivity contribution in [3.63, 3.8) is 0 Å². The maximum atomic E-state index is 13.4. The number of Topliss-reactive ketones (excluding diaryl/α,β-unsaturated/α-hetero) is 1. The second-order valence-corrected chi connectivity index (χ2v) is 10.1. The van der Waals surface area contributed by atoms with E-state index >= 15 is 0 Å². The first kappa shape index (κ1) is 24.0. The van der Waals surface area contributed by atoms with Gasteiger partial charge in [-0.2, -0.15) is 0 Å². The summed E-state index contributed by atoms with van der Waals surface area (Å²) in [5.74, 6) is -0.765. The lowest BCUT2D eigenvalue weighted by Gasteiger charge is -2.26. The van der Waals surface area contributed by atoms with Crippen molar-refractivity contribution in [1.82, 2.24) is 0 Å². The fourth-order valence-electron chi connectivity index (χ4n) is 4.37. The molecule has 1 N–H and O–H groups in total. The van der Waals surface area contributed by atoms with Gasteiger partial charge in [0.1, 0.15) is 17.6 Å². The lowest BCUT2D eigenvalue weighted by Crippen LogP contribution is -2.29. The molecule has 1 aliphatic rings. The average Bonchev–Trinajstić information content (AvgIpc) is 3.41. The largest absolute Gasteiger partial charge is 0.507 e. The van der Waals surface area contributed by atoms with Crippen LogP contribution in [0, 0.1) is 13.8 Å². The van der Waals surface area contributed by atoms with Gasteiger partial charge in [0.05, 0.1) is 12.7 Å². The molecule has 2 aromatic carbocycles. The van der Waals surface area contributed by atoms with Crippen molar-refractivity contribution in [2.45, 2.75) is 39.7 Å². The number of anilines is 1. The van der Waals surface area contributed by atoms with E-state index in [4.69, 9.17) is 16.3 Å². The number of nitrogens with zero attached hydrogens (tertiary/aromatic N) is 1. The Hall–Kier alpha value is -3.09. The minimum atomic E-state index is -0.763. The van der Waals surface area contributed by atoms with Crippen LogP contribution in [0.4, 0.5) is 5.69 Å². The van der Waals surface area contributed by atoms with Crippen molar-refractivity contribution in [2.24, 2.45) is 0 Å². The molecular formula is C27H26ClNO4S. The first-order valence-corrected chi connectivity index (χ1v) is 12.2. The Morgan fingerprint density at radius 1 is 1.12 bits per heavy atom. The van der Waals surface area contributed by atoms with Crippen LogP contribution in [-0.2, 0) is 9.59 Å². The highest BCUT2D eigenvalue weighted by Crippen LogP contribution is 2.45. The topological polar surface area (TPSA) is 66.8 Å². The number of thiophene rings is 1. The highest BCUT2D eigenvalue weighted by Gasteiger charge is 2.48. The van der Waals surface area contributed by atoms with E-state index in [1.165, 1.54) is 16.2 Å². The number of aliphatic hydroxyl groups excluding tert-OH is 1. The Bertz CT molecular complexity index is 1310. The van der Waals surface area contributed by atoms with Gasteiger partial charge in [0.25, 0.3) is 11.7 Å². The summed E-state index contributed by atoms with van der Waals surface area (Å²) in [4.78, 5) is 29.0. The van der Waals surface area contributed by atoms with Crippen LogP contribution in [0.5, 0.6) is 5.75 Å². The van der Waals surface area contributed by atoms with Crippen LogP contribution in [0.25, 0.3) is 5.76 Å². The van der Waals surface area contributed by atoms with Crippen molar-refractivity contribution in [1.29, 1.82) is 0 Å². The SMILES string of the molecule is COc1cc(C)c(/C(O)=C2\C(=O)C(=O)N(c3cc(Cl)ccc3C)C2c2cccs2)cc1C(C)C. The fraction of sp³-hybridized carbons (Fsp3) is 0.259. The molecule has 4 rings (SSSR count). The van der Waals surface area contributed by atoms with E-state index in [0.29, 0.717) is 22.0 Å². The minimum absolute atomic E-state index is 0.0646. The number of amides is 1. The smallest absolute Gasteiger partial charge is 0.300 e. The van der Waals surface area contributed by atoms with Gasteiger partial charge in [0.15, 0.2) is 0 Å². The van der Waals surface area contributed by atoms with Crippen molar-refractivity contribution in [2.75, 3.05) is 12.0 Å². The van der Waals surface area contributed by atoms with Gasteiger partial charge in [0.2, 0.25) is 0 Å². The van der Waals surface area contributed by atoms with E-state index in [9.17, 15) is 14.7 Å². The number of halogens is 1. The van der Waals surface area contributed by atoms with E-state index < -0.39 is 17.7 Å². The monoisotopic (exact) mass is 495 g/mol. The highest BCUT2D eigenvalue weighted by molar-refractivity contribution is 7.10. The number of carbonyl (C=O) groups is 2. The maximum Gasteiger partial charge on any atom is 0.300 e. The van der Waals surface area contributed by atoms with Crippen LogP contribution in [-0.4, -0.2) is 23.9 Å². The van der Waals surface area contributed by atoms with Crippen LogP contribution >= 0.6 is 22.9 Å². The van der Waals surface area contributed by atoms with Crippen LogP contribution < -0.4 is 9.64 Å². The van der Waals surface area contributed by atoms with Gasteiger partial charge in [-0.15, -0.1) is 11.3 Å². The first-order valence-electron chi connectivity index (χ1n) is 10.9. The third-order valence-electron chi connectivity index (χ3n) is 6.14. The number of aryl methyl sites for hydroxylation is 2. The number of benzene rings is 2. The summed E-state index contributed by atoms with van der Waals surface area (Å²) >= 11 is 7.67. The Kier molecular flexibility index (Phi) is 6.56. The molecule has 2 heterocycles. The quantitative estimate of drug-likeness (QED) is 0.241. The summed E-state index contributed by atoms with van der Waals surface area (Å²) in [7, 11) is 1.61. The number of rotatable bonds is 5. The van der Waals surface area contributed by atoms with Gasteiger partial charge in [-0.05, 0) is 72.2 Å². The summed E-state index contributed by atoms with van der Waals surface area (Å²) in [6, 6.07) is 11.9. The van der Waals surface area contributed by atoms with Crippen LogP contribution in [0.3, 0.4) is 0 Å². The number of ether oxygens (including phenoxy) is 1. The number of hydrogen-bond donors (Lipinski definition) is 1. The van der Waals surface area contributed by atoms with Gasteiger partial charge in [0, 0.05) is 21.2 Å². The maximum absolute atomic E-state index is 13.4. The zero-order valence-corrected chi connectivity index (χ0v) is 21.3. The van der Waals surface area contributed by atoms with Gasteiger partial charge >= 0.3 is 0 Å². The van der Waals surface area contributed by atoms with E-state index in [1.54, 1.807) is 19.2 Å². The molecule has 0 spiro atoms. The van der Waals surface area contributed by atoms with Crippen molar-refractivity contribution >= 4 is 46.1 Å². The molecule has 1 amide bonds. The molecule has 1 aromatic heterocycles. The number of ketones is 1. The predicted octanol–water partition coefficient (Wildman–Crippen LogP) is 6.78. The summed E-state index contributed by atoms with van der Waals surface area (Å²) < 4.78 is 5.53. The first-order chi connectivity index (χ1) is 16.1. The number of carbonyl (C=O) groups excluding carboxylic acids is 2. The van der Waals surface area contributed by atoms with Gasteiger partial charge in [-0.3, -0.25) is 14.5 Å². The molecule has 1 fully saturated rings. The molecule has 1 unspecified atom stereocenters. The zero-order valence-electron chi connectivity index (χ0n) is 19.7.